The number of phenolic OH excluding ortho intramolecular Hbond substituents is 1. The van der Waals surface area contributed by atoms with Crippen molar-refractivity contribution in [2.45, 2.75) is 32.1 Å². The number of phenols is 1. The van der Waals surface area contributed by atoms with Gasteiger partial charge >= 0.3 is 5.97 Å². The Kier molecular flexibility index (Phi) is 4.09. The molecule has 0 fully saturated rings. The fourth-order valence-corrected chi connectivity index (χ4v) is 1.56. The van der Waals surface area contributed by atoms with Crippen molar-refractivity contribution in [2.75, 3.05) is 0 Å². The molecule has 19 heavy (non-hydrogen) atoms. The van der Waals surface area contributed by atoms with E-state index in [1.54, 1.807) is 20.8 Å². The summed E-state index contributed by atoms with van der Waals surface area (Å²) >= 11 is 0. The van der Waals surface area contributed by atoms with Crippen LogP contribution >= 0.6 is 0 Å². The summed E-state index contributed by atoms with van der Waals surface area (Å²) < 4.78 is 5.44. The number of rotatable bonds is 4. The van der Waals surface area contributed by atoms with E-state index in [1.807, 2.05) is 0 Å². The first-order valence-electron chi connectivity index (χ1n) is 5.53. The van der Waals surface area contributed by atoms with Crippen molar-refractivity contribution in [2.24, 2.45) is 4.99 Å². The number of carboxylic acids is 1. The van der Waals surface area contributed by atoms with Crippen molar-refractivity contribution < 1.29 is 24.5 Å². The third-order valence-electron chi connectivity index (χ3n) is 2.21. The number of hydrogen-bond acceptors (Lipinski definition) is 5. The summed E-state index contributed by atoms with van der Waals surface area (Å²) in [5.41, 5.74) is -2.90. The minimum Gasteiger partial charge on any atom is -0.508 e. The Labute approximate surface area is 110 Å². The quantitative estimate of drug-likeness (QED) is 0.639. The molecule has 0 radical (unpaired) electrons. The predicted molar refractivity (Wildman–Crippen MR) is 66.4 cm³/mol. The van der Waals surface area contributed by atoms with Crippen molar-refractivity contribution in [3.05, 3.63) is 29.8 Å². The van der Waals surface area contributed by atoms with Gasteiger partial charge in [0.2, 0.25) is 6.08 Å². The SMILES string of the molecule is CC(C)(C)OC(N=C=O)(C(=O)O)c1ccc(O)cc1. The van der Waals surface area contributed by atoms with Crippen LogP contribution in [0.5, 0.6) is 5.75 Å². The van der Waals surface area contributed by atoms with Gasteiger partial charge in [-0.3, -0.25) is 0 Å². The maximum absolute atomic E-state index is 11.5. The molecule has 0 spiro atoms. The highest BCUT2D eigenvalue weighted by atomic mass is 16.6. The summed E-state index contributed by atoms with van der Waals surface area (Å²) in [7, 11) is 0. The molecule has 0 amide bonds. The van der Waals surface area contributed by atoms with Crippen LogP contribution < -0.4 is 0 Å². The molecule has 1 unspecified atom stereocenters. The zero-order valence-corrected chi connectivity index (χ0v) is 10.9. The van der Waals surface area contributed by atoms with E-state index >= 15 is 0 Å². The smallest absolute Gasteiger partial charge is 0.365 e. The number of carbonyl (C=O) groups excluding carboxylic acids is 1. The molecule has 1 aromatic rings. The average molecular weight is 265 g/mol. The first kappa shape index (κ1) is 14.9. The molecule has 0 saturated carbocycles. The minimum absolute atomic E-state index is 0.0334. The maximum atomic E-state index is 11.5. The Morgan fingerprint density at radius 1 is 1.26 bits per heavy atom. The molecule has 102 valence electrons. The second-order valence-corrected chi connectivity index (χ2v) is 4.91. The third kappa shape index (κ3) is 3.40. The summed E-state index contributed by atoms with van der Waals surface area (Å²) in [6, 6.07) is 5.24. The van der Waals surface area contributed by atoms with Crippen LogP contribution in [-0.2, 0) is 20.1 Å². The van der Waals surface area contributed by atoms with Gasteiger partial charge in [-0.15, -0.1) is 0 Å². The number of carboxylic acid groups (broad SMARTS) is 1. The molecule has 0 aliphatic rings. The van der Waals surface area contributed by atoms with Gasteiger partial charge in [0.1, 0.15) is 5.75 Å². The molecule has 0 aromatic heterocycles. The zero-order valence-electron chi connectivity index (χ0n) is 10.9. The van der Waals surface area contributed by atoms with Crippen molar-refractivity contribution in [3.8, 4) is 5.75 Å². The predicted octanol–water partition coefficient (Wildman–Crippen LogP) is 1.78. The largest absolute Gasteiger partial charge is 0.508 e. The van der Waals surface area contributed by atoms with Gasteiger partial charge < -0.3 is 14.9 Å². The van der Waals surface area contributed by atoms with Crippen molar-refractivity contribution >= 4 is 12.0 Å². The summed E-state index contributed by atoms with van der Waals surface area (Å²) in [4.78, 5) is 25.4. The highest BCUT2D eigenvalue weighted by Gasteiger charge is 2.45. The van der Waals surface area contributed by atoms with Crippen LogP contribution in [-0.4, -0.2) is 27.9 Å². The van der Waals surface area contributed by atoms with Crippen molar-refractivity contribution in [1.29, 1.82) is 0 Å². The van der Waals surface area contributed by atoms with E-state index in [4.69, 9.17) is 4.74 Å². The lowest BCUT2D eigenvalue weighted by Gasteiger charge is -2.32. The molecular weight excluding hydrogens is 250 g/mol. The number of nitrogens with zero attached hydrogens (tertiary/aromatic N) is 1. The van der Waals surface area contributed by atoms with Gasteiger partial charge in [0, 0.05) is 5.56 Å². The summed E-state index contributed by atoms with van der Waals surface area (Å²) in [6.07, 6.45) is 1.23. The maximum Gasteiger partial charge on any atom is 0.365 e. The number of ether oxygens (including phenoxy) is 1. The van der Waals surface area contributed by atoms with Crippen LogP contribution in [0.15, 0.2) is 29.3 Å². The average Bonchev–Trinajstić information content (AvgIpc) is 2.27. The van der Waals surface area contributed by atoms with Crippen LogP contribution in [0.3, 0.4) is 0 Å². The number of isocyanates is 1. The molecule has 2 N–H and O–H groups in total. The van der Waals surface area contributed by atoms with Crippen LogP contribution in [0.4, 0.5) is 0 Å². The van der Waals surface area contributed by atoms with E-state index in [2.05, 4.69) is 4.99 Å². The van der Waals surface area contributed by atoms with E-state index in [1.165, 1.54) is 30.3 Å². The Hall–Kier alpha value is -2.17. The molecule has 6 nitrogen and oxygen atoms in total. The van der Waals surface area contributed by atoms with Gasteiger partial charge in [-0.2, -0.15) is 4.99 Å². The second kappa shape index (κ2) is 5.22. The van der Waals surface area contributed by atoms with Crippen LogP contribution in [0, 0.1) is 0 Å². The number of aliphatic carboxylic acids is 1. The van der Waals surface area contributed by atoms with Gasteiger partial charge in [-0.1, -0.05) is 0 Å². The fourth-order valence-electron chi connectivity index (χ4n) is 1.56. The third-order valence-corrected chi connectivity index (χ3v) is 2.21. The molecule has 1 aromatic carbocycles. The lowest BCUT2D eigenvalue weighted by Crippen LogP contribution is -2.42. The van der Waals surface area contributed by atoms with Crippen molar-refractivity contribution in [1.82, 2.24) is 0 Å². The first-order chi connectivity index (χ1) is 8.71. The van der Waals surface area contributed by atoms with Gasteiger partial charge in [0.05, 0.1) is 5.60 Å². The molecular formula is C13H15NO5. The number of benzene rings is 1. The van der Waals surface area contributed by atoms with Crippen LogP contribution in [0.1, 0.15) is 26.3 Å². The van der Waals surface area contributed by atoms with Crippen LogP contribution in [0.2, 0.25) is 0 Å². The molecule has 1 rings (SSSR count). The molecule has 0 bridgehead atoms. The lowest BCUT2D eigenvalue weighted by atomic mass is 10.0. The summed E-state index contributed by atoms with van der Waals surface area (Å²) in [5.74, 6) is -1.47. The van der Waals surface area contributed by atoms with Crippen LogP contribution in [0.25, 0.3) is 0 Å². The standard InChI is InChI=1S/C13H15NO5/c1-12(2,3)19-13(11(17)18,14-8-15)9-4-6-10(16)7-5-9/h4-7,16H,1-3H3,(H,17,18). The minimum atomic E-state index is -2.17. The van der Waals surface area contributed by atoms with Gasteiger partial charge in [0.15, 0.2) is 0 Å². The monoisotopic (exact) mass is 265 g/mol. The molecule has 0 saturated heterocycles. The van der Waals surface area contributed by atoms with Gasteiger partial charge in [-0.25, -0.2) is 9.59 Å². The normalized spacial score (nSPS) is 14.3. The highest BCUT2D eigenvalue weighted by molar-refractivity contribution is 5.80. The number of carbonyl (C=O) groups is 1. The van der Waals surface area contributed by atoms with E-state index in [-0.39, 0.29) is 11.3 Å². The number of aliphatic imine (C=N–C) groups is 1. The number of aromatic hydroxyl groups is 1. The van der Waals surface area contributed by atoms with Gasteiger partial charge in [0.25, 0.3) is 5.72 Å². The van der Waals surface area contributed by atoms with Gasteiger partial charge in [-0.05, 0) is 45.0 Å². The fraction of sp³-hybridized carbons (Fsp3) is 0.385. The molecule has 1 atom stereocenters. The summed E-state index contributed by atoms with van der Waals surface area (Å²) in [5, 5.41) is 18.6. The Morgan fingerprint density at radius 3 is 2.16 bits per heavy atom. The highest BCUT2D eigenvalue weighted by Crippen LogP contribution is 2.33. The van der Waals surface area contributed by atoms with Crippen molar-refractivity contribution in [3.63, 3.8) is 0 Å². The van der Waals surface area contributed by atoms with E-state index in [0.29, 0.717) is 0 Å². The molecule has 0 heterocycles. The Bertz CT molecular complexity index is 507. The molecule has 0 aliphatic carbocycles. The molecule has 0 aliphatic heterocycles. The Morgan fingerprint density at radius 2 is 1.79 bits per heavy atom. The first-order valence-corrected chi connectivity index (χ1v) is 5.53. The summed E-state index contributed by atoms with van der Waals surface area (Å²) in [6.45, 7) is 4.93. The van der Waals surface area contributed by atoms with E-state index in [0.717, 1.165) is 0 Å². The van der Waals surface area contributed by atoms with E-state index in [9.17, 15) is 19.8 Å². The second-order valence-electron chi connectivity index (χ2n) is 4.91. The molecule has 6 heteroatoms. The Balaban J connectivity index is 3.43. The zero-order chi connectivity index (χ0) is 14.7. The van der Waals surface area contributed by atoms with E-state index < -0.39 is 17.3 Å². The number of hydrogen-bond donors (Lipinski definition) is 2. The topological polar surface area (TPSA) is 96.2 Å². The lowest BCUT2D eigenvalue weighted by molar-refractivity contribution is -0.185.